The summed E-state index contributed by atoms with van der Waals surface area (Å²) in [7, 11) is 0. The summed E-state index contributed by atoms with van der Waals surface area (Å²) in [6.45, 7) is 14.1. The summed E-state index contributed by atoms with van der Waals surface area (Å²) in [5.41, 5.74) is -1.79. The van der Waals surface area contributed by atoms with Crippen LogP contribution < -0.4 is 9.47 Å². The lowest BCUT2D eigenvalue weighted by molar-refractivity contribution is -0.0644. The summed E-state index contributed by atoms with van der Waals surface area (Å²) in [6.07, 6.45) is 0. The second-order valence-electron chi connectivity index (χ2n) is 11.7. The number of carbonyl (C=O) groups is 2. The molecule has 0 radical (unpaired) electrons. The largest absolute Gasteiger partial charge is 0.482 e. The molecular weight excluding hydrogens is 456 g/mol. The SMILES string of the molecule is Cc1ccc(C(C)(C)O)c2c1[C@@]1(Oc3c(c(C)c4c5c(ccc(C)c35)C(C)(C)O4)C1=O)[C@](C)(O)C2=O. The maximum atomic E-state index is 14.5. The van der Waals surface area contributed by atoms with Gasteiger partial charge in [-0.3, -0.25) is 9.59 Å². The molecule has 1 aliphatic carbocycles. The Balaban J connectivity index is 1.75. The van der Waals surface area contributed by atoms with Crippen molar-refractivity contribution in [3.63, 3.8) is 0 Å². The quantitative estimate of drug-likeness (QED) is 0.501. The van der Waals surface area contributed by atoms with Crippen LogP contribution in [-0.2, 0) is 16.8 Å². The highest BCUT2D eigenvalue weighted by molar-refractivity contribution is 6.24. The smallest absolute Gasteiger partial charge is 0.233 e. The van der Waals surface area contributed by atoms with Crippen molar-refractivity contribution < 1.29 is 29.3 Å². The van der Waals surface area contributed by atoms with E-state index in [2.05, 4.69) is 0 Å². The second-order valence-corrected chi connectivity index (χ2v) is 11.7. The average molecular weight is 487 g/mol. The fourth-order valence-corrected chi connectivity index (χ4v) is 6.56. The van der Waals surface area contributed by atoms with Gasteiger partial charge in [0.2, 0.25) is 11.4 Å². The molecule has 3 aromatic carbocycles. The molecule has 3 aromatic rings. The molecule has 0 fully saturated rings. The van der Waals surface area contributed by atoms with Crippen LogP contribution in [0.2, 0.25) is 0 Å². The van der Waals surface area contributed by atoms with Gasteiger partial charge < -0.3 is 19.7 Å². The number of Topliss-reactive ketones (excluding diaryl/α,β-unsaturated/α-hetero) is 2. The summed E-state index contributed by atoms with van der Waals surface area (Å²) < 4.78 is 13.0. The number of aliphatic hydroxyl groups is 2. The van der Waals surface area contributed by atoms with E-state index in [0.717, 1.165) is 21.9 Å². The zero-order valence-corrected chi connectivity index (χ0v) is 21.8. The number of hydrogen-bond donors (Lipinski definition) is 2. The number of aryl methyl sites for hydroxylation is 2. The molecule has 6 rings (SSSR count). The Morgan fingerprint density at radius 3 is 2.08 bits per heavy atom. The first-order valence-electron chi connectivity index (χ1n) is 12.2. The summed E-state index contributed by atoms with van der Waals surface area (Å²) in [6, 6.07) is 7.46. The molecule has 36 heavy (non-hydrogen) atoms. The van der Waals surface area contributed by atoms with Gasteiger partial charge in [0.15, 0.2) is 11.4 Å². The Morgan fingerprint density at radius 2 is 1.44 bits per heavy atom. The third-order valence-electron chi connectivity index (χ3n) is 8.40. The highest BCUT2D eigenvalue weighted by atomic mass is 16.5. The van der Waals surface area contributed by atoms with Gasteiger partial charge in [-0.15, -0.1) is 0 Å². The molecule has 1 spiro atoms. The molecule has 6 nitrogen and oxygen atoms in total. The van der Waals surface area contributed by atoms with Crippen molar-refractivity contribution in [3.8, 4) is 11.5 Å². The summed E-state index contributed by atoms with van der Waals surface area (Å²) in [4.78, 5) is 28.3. The fraction of sp³-hybridized carbons (Fsp3) is 0.400. The number of rotatable bonds is 1. The molecule has 0 saturated carbocycles. The van der Waals surface area contributed by atoms with E-state index >= 15 is 0 Å². The standard InChI is InChI=1S/C30H30O6/c1-13-9-12-17-20-18(13)24-19(15(3)23(20)35-28(17,6)7)26(32)30(36-24)22-14(2)10-11-16(27(4,5)33)21(22)25(31)29(30,8)34/h9-12,33-34H,1-8H3/t29-,30+/m1/s1. The van der Waals surface area contributed by atoms with Crippen molar-refractivity contribution in [1.82, 2.24) is 0 Å². The van der Waals surface area contributed by atoms with Gasteiger partial charge in [0.05, 0.1) is 11.2 Å². The minimum Gasteiger partial charge on any atom is -0.482 e. The summed E-state index contributed by atoms with van der Waals surface area (Å²) in [5, 5.41) is 24.4. The van der Waals surface area contributed by atoms with Gasteiger partial charge in [-0.1, -0.05) is 24.3 Å². The molecule has 0 unspecified atom stereocenters. The minimum atomic E-state index is -2.19. The number of carbonyl (C=O) groups excluding carboxylic acids is 2. The molecule has 2 N–H and O–H groups in total. The first kappa shape index (κ1) is 23.2. The maximum Gasteiger partial charge on any atom is 0.233 e. The molecule has 0 aromatic heterocycles. The summed E-state index contributed by atoms with van der Waals surface area (Å²) in [5.74, 6) is -0.110. The van der Waals surface area contributed by atoms with Gasteiger partial charge in [-0.05, 0) is 72.1 Å². The zero-order chi connectivity index (χ0) is 26.3. The molecule has 2 atom stereocenters. The molecule has 186 valence electrons. The molecule has 0 bridgehead atoms. The van der Waals surface area contributed by atoms with E-state index in [1.165, 1.54) is 6.92 Å². The molecule has 2 aliphatic heterocycles. The molecule has 3 aliphatic rings. The van der Waals surface area contributed by atoms with Crippen LogP contribution in [0.5, 0.6) is 11.5 Å². The Kier molecular flexibility index (Phi) is 4.10. The lowest BCUT2D eigenvalue weighted by atomic mass is 9.77. The van der Waals surface area contributed by atoms with Crippen LogP contribution in [0, 0.1) is 20.8 Å². The Morgan fingerprint density at radius 1 is 0.806 bits per heavy atom. The first-order valence-corrected chi connectivity index (χ1v) is 12.2. The Bertz CT molecular complexity index is 1580. The third-order valence-corrected chi connectivity index (χ3v) is 8.40. The number of ether oxygens (including phenoxy) is 2. The monoisotopic (exact) mass is 486 g/mol. The van der Waals surface area contributed by atoms with Crippen molar-refractivity contribution in [2.75, 3.05) is 0 Å². The minimum absolute atomic E-state index is 0.151. The van der Waals surface area contributed by atoms with E-state index in [0.29, 0.717) is 39.3 Å². The van der Waals surface area contributed by atoms with Crippen molar-refractivity contribution >= 4 is 22.3 Å². The number of fused-ring (bicyclic) bond motifs is 4. The van der Waals surface area contributed by atoms with Crippen LogP contribution in [0.25, 0.3) is 10.8 Å². The lowest BCUT2D eigenvalue weighted by Crippen LogP contribution is -2.56. The van der Waals surface area contributed by atoms with E-state index in [-0.39, 0.29) is 5.56 Å². The van der Waals surface area contributed by atoms with E-state index in [9.17, 15) is 19.8 Å². The van der Waals surface area contributed by atoms with Gasteiger partial charge in [0.25, 0.3) is 0 Å². The van der Waals surface area contributed by atoms with Gasteiger partial charge in [0, 0.05) is 33.0 Å². The Labute approximate surface area is 209 Å². The molecule has 0 saturated heterocycles. The fourth-order valence-electron chi connectivity index (χ4n) is 6.56. The van der Waals surface area contributed by atoms with Crippen LogP contribution in [0.3, 0.4) is 0 Å². The molecule has 2 heterocycles. The van der Waals surface area contributed by atoms with Crippen molar-refractivity contribution in [2.45, 2.75) is 77.8 Å². The van der Waals surface area contributed by atoms with E-state index in [1.54, 1.807) is 32.9 Å². The number of hydrogen-bond acceptors (Lipinski definition) is 6. The van der Waals surface area contributed by atoms with Crippen molar-refractivity contribution in [3.05, 3.63) is 68.8 Å². The number of benzene rings is 3. The van der Waals surface area contributed by atoms with Gasteiger partial charge >= 0.3 is 0 Å². The van der Waals surface area contributed by atoms with E-state index in [4.69, 9.17) is 9.47 Å². The van der Waals surface area contributed by atoms with Crippen LogP contribution in [-0.4, -0.2) is 27.4 Å². The molecule has 6 heteroatoms. The zero-order valence-electron chi connectivity index (χ0n) is 21.8. The van der Waals surface area contributed by atoms with Crippen LogP contribution in [0.1, 0.15) is 88.7 Å². The van der Waals surface area contributed by atoms with E-state index in [1.807, 2.05) is 39.8 Å². The predicted octanol–water partition coefficient (Wildman–Crippen LogP) is 5.04. The third kappa shape index (κ3) is 2.35. The van der Waals surface area contributed by atoms with Gasteiger partial charge in [0.1, 0.15) is 17.1 Å². The second kappa shape index (κ2) is 6.36. The van der Waals surface area contributed by atoms with E-state index < -0.39 is 34.0 Å². The maximum absolute atomic E-state index is 14.5. The number of ketones is 2. The molecule has 0 amide bonds. The van der Waals surface area contributed by atoms with Crippen LogP contribution in [0.15, 0.2) is 24.3 Å². The predicted molar refractivity (Wildman–Crippen MR) is 135 cm³/mol. The highest BCUT2D eigenvalue weighted by Gasteiger charge is 2.71. The van der Waals surface area contributed by atoms with Crippen molar-refractivity contribution in [2.24, 2.45) is 0 Å². The molecular formula is C30H30O6. The normalized spacial score (nSPS) is 25.4. The van der Waals surface area contributed by atoms with Gasteiger partial charge in [-0.25, -0.2) is 0 Å². The topological polar surface area (TPSA) is 93.1 Å². The Hall–Kier alpha value is -3.22. The summed E-state index contributed by atoms with van der Waals surface area (Å²) >= 11 is 0. The van der Waals surface area contributed by atoms with Gasteiger partial charge in [-0.2, -0.15) is 0 Å². The van der Waals surface area contributed by atoms with Crippen LogP contribution >= 0.6 is 0 Å². The average Bonchev–Trinajstić information content (AvgIpc) is 3.29. The highest BCUT2D eigenvalue weighted by Crippen LogP contribution is 2.61. The van der Waals surface area contributed by atoms with Crippen molar-refractivity contribution in [1.29, 1.82) is 0 Å². The lowest BCUT2D eigenvalue weighted by Gasteiger charge is -2.34. The first-order chi connectivity index (χ1) is 16.6. The van der Waals surface area contributed by atoms with Crippen LogP contribution in [0.4, 0.5) is 0 Å².